The van der Waals surface area contributed by atoms with Crippen molar-refractivity contribution in [3.05, 3.63) is 46.8 Å². The Labute approximate surface area is 132 Å². The zero-order chi connectivity index (χ0) is 13.8. The molecule has 1 unspecified atom stereocenters. The van der Waals surface area contributed by atoms with E-state index in [1.54, 1.807) is 24.1 Å². The van der Waals surface area contributed by atoms with Crippen LogP contribution in [0.3, 0.4) is 0 Å². The summed E-state index contributed by atoms with van der Waals surface area (Å²) in [6.07, 6.45) is 1.50. The molecule has 1 radical (unpaired) electrons. The van der Waals surface area contributed by atoms with Gasteiger partial charge in [-0.05, 0) is 12.1 Å². The van der Waals surface area contributed by atoms with Crippen molar-refractivity contribution in [2.45, 2.75) is 5.50 Å². The van der Waals surface area contributed by atoms with Crippen molar-refractivity contribution in [2.24, 2.45) is 4.99 Å². The summed E-state index contributed by atoms with van der Waals surface area (Å²) >= 11 is 5.87. The van der Waals surface area contributed by atoms with Gasteiger partial charge in [0.15, 0.2) is 5.50 Å². The Morgan fingerprint density at radius 2 is 1.75 bits per heavy atom. The largest absolute Gasteiger partial charge is 0.257 e. The zero-order valence-electron chi connectivity index (χ0n) is 9.76. The summed E-state index contributed by atoms with van der Waals surface area (Å²) in [7, 11) is 0. The van der Waals surface area contributed by atoms with Crippen molar-refractivity contribution in [2.75, 3.05) is 0 Å². The van der Waals surface area contributed by atoms with Gasteiger partial charge < -0.3 is 0 Å². The van der Waals surface area contributed by atoms with E-state index < -0.39 is 5.50 Å². The molecule has 0 aromatic carbocycles. The van der Waals surface area contributed by atoms with Crippen LogP contribution in [0.1, 0.15) is 5.69 Å². The summed E-state index contributed by atoms with van der Waals surface area (Å²) in [5.74, 6) is 4.59. The first kappa shape index (κ1) is 16.2. The number of nitrogens with zero attached hydrogens (tertiary/aromatic N) is 2. The molecule has 1 aliphatic heterocycles. The Kier molecular flexibility index (Phi) is 5.70. The Morgan fingerprint density at radius 1 is 1.05 bits per heavy atom. The van der Waals surface area contributed by atoms with Crippen LogP contribution in [0.15, 0.2) is 46.1 Å². The van der Waals surface area contributed by atoms with Gasteiger partial charge in [-0.3, -0.25) is 9.98 Å². The fourth-order valence-electron chi connectivity index (χ4n) is 1.62. The summed E-state index contributed by atoms with van der Waals surface area (Å²) in [4.78, 5) is 40.7. The molecule has 1 aliphatic rings. The molecule has 2 rings (SSSR count). The molecule has 1 atom stereocenters. The Morgan fingerprint density at radius 3 is 2.25 bits per heavy atom. The minimum Gasteiger partial charge on any atom is -0.257 e. The number of rotatable bonds is 1. The van der Waals surface area contributed by atoms with Gasteiger partial charge in [-0.15, -0.1) is 0 Å². The minimum absolute atomic E-state index is 0. The standard InChI is InChI=1S/C13H5ClN2O3.Re/c14-13-10(7-19)8(5-17)9(6-18)12(16-13)11-3-1-2-4-15-11;/h1-4,13H;. The van der Waals surface area contributed by atoms with Crippen LogP contribution >= 0.6 is 11.6 Å². The number of hydrogen-bond acceptors (Lipinski definition) is 5. The van der Waals surface area contributed by atoms with E-state index in [0.29, 0.717) is 5.69 Å². The first-order valence-electron chi connectivity index (χ1n) is 5.12. The molecular formula is C13H5ClN2O3Re. The van der Waals surface area contributed by atoms with E-state index in [2.05, 4.69) is 9.98 Å². The van der Waals surface area contributed by atoms with E-state index in [1.165, 1.54) is 18.1 Å². The van der Waals surface area contributed by atoms with Crippen molar-refractivity contribution < 1.29 is 34.8 Å². The second-order valence-electron chi connectivity index (χ2n) is 3.50. The molecule has 99 valence electrons. The molecule has 20 heavy (non-hydrogen) atoms. The smallest absolute Gasteiger partial charge is 0.161 e. The molecule has 5 nitrogen and oxygen atoms in total. The number of hydrogen-bond donors (Lipinski definition) is 0. The molecular weight excluding hydrogens is 454 g/mol. The van der Waals surface area contributed by atoms with Gasteiger partial charge in [0.05, 0.1) is 16.8 Å². The van der Waals surface area contributed by atoms with Crippen LogP contribution in [-0.4, -0.2) is 34.0 Å². The molecule has 0 spiro atoms. The fraction of sp³-hybridized carbons (Fsp3) is 0.0769. The van der Waals surface area contributed by atoms with E-state index in [1.807, 2.05) is 0 Å². The molecule has 0 saturated heterocycles. The quantitative estimate of drug-likeness (QED) is 0.353. The third-order valence-electron chi connectivity index (χ3n) is 2.46. The second-order valence-corrected chi connectivity index (χ2v) is 3.91. The Bertz CT molecular complexity index is 710. The van der Waals surface area contributed by atoms with Crippen LogP contribution in [0.2, 0.25) is 0 Å². The maximum absolute atomic E-state index is 11.0. The van der Waals surface area contributed by atoms with Gasteiger partial charge in [-0.1, -0.05) is 17.7 Å². The molecule has 0 fully saturated rings. The van der Waals surface area contributed by atoms with Gasteiger partial charge in [0, 0.05) is 26.6 Å². The van der Waals surface area contributed by atoms with Gasteiger partial charge in [-0.2, -0.15) is 0 Å². The monoisotopic (exact) mass is 459 g/mol. The number of alkyl halides is 1. The maximum atomic E-state index is 11.0. The summed E-state index contributed by atoms with van der Waals surface area (Å²) in [5.41, 5.74) is -1.35. The van der Waals surface area contributed by atoms with Crippen LogP contribution in [0.5, 0.6) is 0 Å². The molecule has 0 bridgehead atoms. The number of pyridine rings is 1. The van der Waals surface area contributed by atoms with E-state index in [0.717, 1.165) is 0 Å². The number of halogens is 1. The van der Waals surface area contributed by atoms with E-state index in [-0.39, 0.29) is 42.9 Å². The average molecular weight is 459 g/mol. The van der Waals surface area contributed by atoms with Crippen LogP contribution in [-0.2, 0) is 34.8 Å². The fourth-order valence-corrected chi connectivity index (χ4v) is 1.87. The topological polar surface area (TPSA) is 76.5 Å². The predicted octanol–water partition coefficient (Wildman–Crippen LogP) is 0.721. The predicted molar refractivity (Wildman–Crippen MR) is 68.0 cm³/mol. The molecule has 2 heterocycles. The second kappa shape index (κ2) is 7.05. The van der Waals surface area contributed by atoms with Gasteiger partial charge in [0.25, 0.3) is 0 Å². The van der Waals surface area contributed by atoms with Gasteiger partial charge in [0.2, 0.25) is 0 Å². The molecule has 0 N–H and O–H groups in total. The summed E-state index contributed by atoms with van der Waals surface area (Å²) < 4.78 is 0. The summed E-state index contributed by atoms with van der Waals surface area (Å²) in [6, 6.07) is 4.96. The number of carbonyl (C=O) groups excluding carboxylic acids is 3. The molecule has 0 saturated carbocycles. The first-order valence-corrected chi connectivity index (χ1v) is 5.56. The summed E-state index contributed by atoms with van der Waals surface area (Å²) in [6.45, 7) is 0. The maximum Gasteiger partial charge on any atom is 0.161 e. The first-order chi connectivity index (χ1) is 9.22. The van der Waals surface area contributed by atoms with E-state index in [9.17, 15) is 14.4 Å². The molecule has 1 aromatic heterocycles. The van der Waals surface area contributed by atoms with Crippen molar-refractivity contribution in [1.82, 2.24) is 4.98 Å². The van der Waals surface area contributed by atoms with Crippen LogP contribution in [0.25, 0.3) is 0 Å². The van der Waals surface area contributed by atoms with Crippen LogP contribution < -0.4 is 0 Å². The normalized spacial score (nSPS) is 17.4. The van der Waals surface area contributed by atoms with E-state index in [4.69, 9.17) is 11.6 Å². The Balaban J connectivity index is 0.00000200. The van der Waals surface area contributed by atoms with Crippen LogP contribution in [0.4, 0.5) is 0 Å². The third kappa shape index (κ3) is 2.83. The van der Waals surface area contributed by atoms with Gasteiger partial charge >= 0.3 is 0 Å². The number of aromatic nitrogens is 1. The molecule has 0 aliphatic carbocycles. The third-order valence-corrected chi connectivity index (χ3v) is 2.77. The van der Waals surface area contributed by atoms with Crippen molar-refractivity contribution >= 4 is 35.1 Å². The van der Waals surface area contributed by atoms with Gasteiger partial charge in [0.1, 0.15) is 29.1 Å². The summed E-state index contributed by atoms with van der Waals surface area (Å²) in [5, 5.41) is 0. The van der Waals surface area contributed by atoms with Crippen molar-refractivity contribution in [3.63, 3.8) is 0 Å². The van der Waals surface area contributed by atoms with Crippen molar-refractivity contribution in [3.8, 4) is 0 Å². The molecule has 0 amide bonds. The van der Waals surface area contributed by atoms with Gasteiger partial charge in [-0.25, -0.2) is 14.4 Å². The zero-order valence-corrected chi connectivity index (χ0v) is 13.2. The van der Waals surface area contributed by atoms with Crippen molar-refractivity contribution in [1.29, 1.82) is 0 Å². The number of allylic oxidation sites excluding steroid dienone is 1. The average Bonchev–Trinajstić information content (AvgIpc) is 2.46. The molecule has 1 aromatic rings. The number of aliphatic imine (C=N–C) groups is 1. The van der Waals surface area contributed by atoms with E-state index >= 15 is 0 Å². The molecule has 7 heteroatoms. The minimum atomic E-state index is -1.11. The van der Waals surface area contributed by atoms with Crippen LogP contribution in [0, 0.1) is 0 Å². The Hall–Kier alpha value is -1.88. The SMILES string of the molecule is O=C=C1C(=C=O)C(c2ccccn2)=NC(Cl)C1=C=O.[Re].